The minimum Gasteiger partial charge on any atom is -0.491 e. The summed E-state index contributed by atoms with van der Waals surface area (Å²) in [5.41, 5.74) is 5.50. The van der Waals surface area contributed by atoms with E-state index in [1.54, 1.807) is 12.1 Å². The van der Waals surface area contributed by atoms with Gasteiger partial charge < -0.3 is 10.5 Å². The van der Waals surface area contributed by atoms with Crippen LogP contribution in [0.15, 0.2) is 12.1 Å². The maximum atomic E-state index is 5.97. The number of hydrogen-bond donors (Lipinski definition) is 1. The van der Waals surface area contributed by atoms with E-state index in [0.717, 1.165) is 0 Å². The second-order valence-corrected chi connectivity index (χ2v) is 5.58. The van der Waals surface area contributed by atoms with Gasteiger partial charge in [-0.25, -0.2) is 0 Å². The fourth-order valence-electron chi connectivity index (χ4n) is 0.947. The summed E-state index contributed by atoms with van der Waals surface area (Å²) in [6, 6.07) is 3.18. The van der Waals surface area contributed by atoms with E-state index >= 15 is 0 Å². The molecule has 1 rings (SSSR count). The Morgan fingerprint density at radius 1 is 1.12 bits per heavy atom. The van der Waals surface area contributed by atoms with Crippen molar-refractivity contribution in [3.8, 4) is 5.75 Å². The first kappa shape index (κ1) is 13.9. The van der Waals surface area contributed by atoms with Gasteiger partial charge >= 0.3 is 0 Å². The van der Waals surface area contributed by atoms with Crippen LogP contribution in [0.2, 0.25) is 15.1 Å². The van der Waals surface area contributed by atoms with Crippen molar-refractivity contribution in [3.63, 3.8) is 0 Å². The number of hydrogen-bond acceptors (Lipinski definition) is 2. The standard InChI is InChI=1S/C11H14Cl3NO/c1-11(2,5-15)6-16-10-4-8(13)7(12)3-9(10)14/h3-4H,5-6,15H2,1-2H3. The van der Waals surface area contributed by atoms with Crippen molar-refractivity contribution in [1.29, 1.82) is 0 Å². The summed E-state index contributed by atoms with van der Waals surface area (Å²) in [5, 5.41) is 1.28. The highest BCUT2D eigenvalue weighted by Gasteiger charge is 2.17. The van der Waals surface area contributed by atoms with E-state index < -0.39 is 0 Å². The number of nitrogens with two attached hydrogens (primary N) is 1. The van der Waals surface area contributed by atoms with E-state index in [9.17, 15) is 0 Å². The first-order valence-corrected chi connectivity index (χ1v) is 5.96. The molecule has 1 aromatic carbocycles. The van der Waals surface area contributed by atoms with E-state index in [1.165, 1.54) is 0 Å². The van der Waals surface area contributed by atoms with Gasteiger partial charge in [-0.2, -0.15) is 0 Å². The summed E-state index contributed by atoms with van der Waals surface area (Å²) in [6.45, 7) is 5.03. The Balaban J connectivity index is 2.79. The lowest BCUT2D eigenvalue weighted by molar-refractivity contribution is 0.187. The third-order valence-electron chi connectivity index (χ3n) is 2.15. The third-order valence-corrected chi connectivity index (χ3v) is 3.16. The molecule has 90 valence electrons. The number of rotatable bonds is 4. The molecule has 0 amide bonds. The second-order valence-electron chi connectivity index (χ2n) is 4.35. The number of halogens is 3. The van der Waals surface area contributed by atoms with Crippen molar-refractivity contribution in [2.75, 3.05) is 13.2 Å². The highest BCUT2D eigenvalue weighted by atomic mass is 35.5. The molecule has 0 aliphatic carbocycles. The van der Waals surface area contributed by atoms with E-state index in [4.69, 9.17) is 45.3 Å². The molecule has 0 saturated carbocycles. The predicted octanol–water partition coefficient (Wildman–Crippen LogP) is 4.01. The molecule has 0 aliphatic heterocycles. The van der Waals surface area contributed by atoms with Gasteiger partial charge in [-0.05, 0) is 6.07 Å². The highest BCUT2D eigenvalue weighted by Crippen LogP contribution is 2.34. The normalized spacial score (nSPS) is 11.6. The molecule has 2 nitrogen and oxygen atoms in total. The zero-order valence-corrected chi connectivity index (χ0v) is 11.5. The molecule has 0 radical (unpaired) electrons. The largest absolute Gasteiger partial charge is 0.491 e. The van der Waals surface area contributed by atoms with E-state index in [-0.39, 0.29) is 5.41 Å². The van der Waals surface area contributed by atoms with Gasteiger partial charge in [-0.15, -0.1) is 0 Å². The highest BCUT2D eigenvalue weighted by molar-refractivity contribution is 6.43. The molecule has 0 spiro atoms. The summed E-state index contributed by atoms with van der Waals surface area (Å²) in [7, 11) is 0. The van der Waals surface area contributed by atoms with E-state index in [0.29, 0.717) is 34.0 Å². The van der Waals surface area contributed by atoms with Gasteiger partial charge in [0.1, 0.15) is 5.75 Å². The second kappa shape index (κ2) is 5.46. The average molecular weight is 283 g/mol. The first-order chi connectivity index (χ1) is 7.35. The number of benzene rings is 1. The molecule has 0 bridgehead atoms. The fraction of sp³-hybridized carbons (Fsp3) is 0.455. The van der Waals surface area contributed by atoms with Crippen LogP contribution in [0, 0.1) is 5.41 Å². The summed E-state index contributed by atoms with van der Waals surface area (Å²) >= 11 is 17.7. The lowest BCUT2D eigenvalue weighted by Gasteiger charge is -2.22. The van der Waals surface area contributed by atoms with Gasteiger partial charge in [0, 0.05) is 18.0 Å². The maximum absolute atomic E-state index is 5.97. The topological polar surface area (TPSA) is 35.2 Å². The van der Waals surface area contributed by atoms with Crippen LogP contribution in [0.1, 0.15) is 13.8 Å². The molecule has 0 saturated heterocycles. The van der Waals surface area contributed by atoms with Gasteiger partial charge in [0.2, 0.25) is 0 Å². The van der Waals surface area contributed by atoms with Gasteiger partial charge in [-0.1, -0.05) is 48.7 Å². The molecule has 0 aromatic heterocycles. The van der Waals surface area contributed by atoms with Gasteiger partial charge in [-0.3, -0.25) is 0 Å². The third kappa shape index (κ3) is 3.70. The molecule has 5 heteroatoms. The molecule has 0 unspecified atom stereocenters. The minimum atomic E-state index is -0.102. The summed E-state index contributed by atoms with van der Waals surface area (Å²) in [5.74, 6) is 0.526. The summed E-state index contributed by atoms with van der Waals surface area (Å²) < 4.78 is 5.57. The monoisotopic (exact) mass is 281 g/mol. The SMILES string of the molecule is CC(C)(CN)COc1cc(Cl)c(Cl)cc1Cl. The van der Waals surface area contributed by atoms with Crippen LogP contribution in [0.3, 0.4) is 0 Å². The van der Waals surface area contributed by atoms with Crippen LogP contribution >= 0.6 is 34.8 Å². The zero-order valence-electron chi connectivity index (χ0n) is 9.19. The van der Waals surface area contributed by atoms with Crippen molar-refractivity contribution in [1.82, 2.24) is 0 Å². The summed E-state index contributed by atoms with van der Waals surface area (Å²) in [4.78, 5) is 0. The molecule has 2 N–H and O–H groups in total. The smallest absolute Gasteiger partial charge is 0.139 e. The predicted molar refractivity (Wildman–Crippen MR) is 69.8 cm³/mol. The Bertz CT molecular complexity index is 380. The van der Waals surface area contributed by atoms with Crippen LogP contribution in [-0.2, 0) is 0 Å². The first-order valence-electron chi connectivity index (χ1n) is 4.83. The van der Waals surface area contributed by atoms with Crippen LogP contribution in [0.5, 0.6) is 5.75 Å². The Labute approximate surface area is 111 Å². The molecular formula is C11H14Cl3NO. The molecule has 1 aromatic rings. The lowest BCUT2D eigenvalue weighted by Crippen LogP contribution is -2.30. The average Bonchev–Trinajstić information content (AvgIpc) is 2.22. The van der Waals surface area contributed by atoms with Crippen LogP contribution in [-0.4, -0.2) is 13.2 Å². The van der Waals surface area contributed by atoms with Crippen molar-refractivity contribution in [3.05, 3.63) is 27.2 Å². The van der Waals surface area contributed by atoms with E-state index in [1.807, 2.05) is 13.8 Å². The Morgan fingerprint density at radius 3 is 2.25 bits per heavy atom. The van der Waals surface area contributed by atoms with Gasteiger partial charge in [0.15, 0.2) is 0 Å². The molecule has 0 heterocycles. The Kier molecular flexibility index (Phi) is 4.74. The van der Waals surface area contributed by atoms with Crippen LogP contribution in [0.4, 0.5) is 0 Å². The van der Waals surface area contributed by atoms with Crippen molar-refractivity contribution < 1.29 is 4.74 Å². The van der Waals surface area contributed by atoms with Crippen LogP contribution in [0.25, 0.3) is 0 Å². The Morgan fingerprint density at radius 2 is 1.69 bits per heavy atom. The van der Waals surface area contributed by atoms with Crippen molar-refractivity contribution in [2.45, 2.75) is 13.8 Å². The molecule has 0 fully saturated rings. The quantitative estimate of drug-likeness (QED) is 0.847. The van der Waals surface area contributed by atoms with Gasteiger partial charge in [0.05, 0.1) is 21.7 Å². The van der Waals surface area contributed by atoms with Gasteiger partial charge in [0.25, 0.3) is 0 Å². The van der Waals surface area contributed by atoms with Crippen LogP contribution < -0.4 is 10.5 Å². The molecule has 0 aliphatic rings. The zero-order chi connectivity index (χ0) is 12.3. The lowest BCUT2D eigenvalue weighted by atomic mass is 9.95. The maximum Gasteiger partial charge on any atom is 0.139 e. The molecule has 16 heavy (non-hydrogen) atoms. The van der Waals surface area contributed by atoms with E-state index in [2.05, 4.69) is 0 Å². The molecular weight excluding hydrogens is 268 g/mol. The Hall–Kier alpha value is -0.150. The summed E-state index contributed by atoms with van der Waals surface area (Å²) in [6.07, 6.45) is 0. The van der Waals surface area contributed by atoms with Crippen molar-refractivity contribution >= 4 is 34.8 Å². The number of ether oxygens (including phenoxy) is 1. The fourth-order valence-corrected chi connectivity index (χ4v) is 1.54. The van der Waals surface area contributed by atoms with Crippen molar-refractivity contribution in [2.24, 2.45) is 11.1 Å². The molecule has 0 atom stereocenters. The minimum absolute atomic E-state index is 0.102.